The van der Waals surface area contributed by atoms with E-state index >= 15 is 0 Å². The van der Waals surface area contributed by atoms with Gasteiger partial charge in [0.2, 0.25) is 0 Å². The summed E-state index contributed by atoms with van der Waals surface area (Å²) in [5.74, 6) is 0.456. The van der Waals surface area contributed by atoms with Gasteiger partial charge in [-0.05, 0) is 25.8 Å². The van der Waals surface area contributed by atoms with E-state index in [9.17, 15) is 13.2 Å². The standard InChI is InChI=1S/C14H22F3N3S/c1-3-7-20(9-14(15,16)17)13-19-12(10-5-6-10)11(21-13)8-18-4-2/h10,18H,3-9H2,1-2H3. The number of thiazole rings is 1. The first-order valence-corrected chi connectivity index (χ1v) is 8.28. The molecule has 3 nitrogen and oxygen atoms in total. The molecule has 0 aromatic carbocycles. The molecule has 1 aromatic rings. The minimum absolute atomic E-state index is 0.387. The molecule has 0 aliphatic heterocycles. The van der Waals surface area contributed by atoms with Gasteiger partial charge in [-0.25, -0.2) is 4.98 Å². The van der Waals surface area contributed by atoms with Gasteiger partial charge in [0, 0.05) is 23.9 Å². The summed E-state index contributed by atoms with van der Waals surface area (Å²) >= 11 is 1.41. The molecule has 7 heteroatoms. The average molecular weight is 321 g/mol. The van der Waals surface area contributed by atoms with E-state index in [2.05, 4.69) is 10.3 Å². The minimum Gasteiger partial charge on any atom is -0.339 e. The van der Waals surface area contributed by atoms with Crippen molar-refractivity contribution >= 4 is 16.5 Å². The van der Waals surface area contributed by atoms with Crippen molar-refractivity contribution in [2.75, 3.05) is 24.5 Å². The number of nitrogens with one attached hydrogen (secondary N) is 1. The van der Waals surface area contributed by atoms with Crippen LogP contribution in [-0.2, 0) is 6.54 Å². The summed E-state index contributed by atoms with van der Waals surface area (Å²) in [6.45, 7) is 4.92. The van der Waals surface area contributed by atoms with Gasteiger partial charge in [0.25, 0.3) is 0 Å². The minimum atomic E-state index is -4.19. The van der Waals surface area contributed by atoms with Crippen molar-refractivity contribution in [3.8, 4) is 0 Å². The lowest BCUT2D eigenvalue weighted by molar-refractivity contribution is -0.119. The number of hydrogen-bond acceptors (Lipinski definition) is 4. The zero-order chi connectivity index (χ0) is 15.5. The van der Waals surface area contributed by atoms with Gasteiger partial charge in [-0.1, -0.05) is 13.8 Å². The lowest BCUT2D eigenvalue weighted by Gasteiger charge is -2.22. The number of anilines is 1. The number of aromatic nitrogens is 1. The van der Waals surface area contributed by atoms with Crippen LogP contribution in [0.4, 0.5) is 18.3 Å². The molecule has 0 unspecified atom stereocenters. The second-order valence-corrected chi connectivity index (χ2v) is 6.46. The summed E-state index contributed by atoms with van der Waals surface area (Å²) in [5, 5.41) is 3.77. The molecule has 0 spiro atoms. The smallest absolute Gasteiger partial charge is 0.339 e. The quantitative estimate of drug-likeness (QED) is 0.787. The molecule has 0 bridgehead atoms. The fourth-order valence-electron chi connectivity index (χ4n) is 2.26. The molecule has 21 heavy (non-hydrogen) atoms. The van der Waals surface area contributed by atoms with Crippen LogP contribution in [0.3, 0.4) is 0 Å². The monoisotopic (exact) mass is 321 g/mol. The Morgan fingerprint density at radius 1 is 1.33 bits per heavy atom. The molecule has 0 saturated heterocycles. The maximum Gasteiger partial charge on any atom is 0.406 e. The first-order chi connectivity index (χ1) is 9.94. The topological polar surface area (TPSA) is 28.2 Å². The van der Waals surface area contributed by atoms with Gasteiger partial charge in [-0.3, -0.25) is 0 Å². The van der Waals surface area contributed by atoms with E-state index < -0.39 is 12.7 Å². The third-order valence-corrected chi connectivity index (χ3v) is 4.48. The molecular formula is C14H22F3N3S. The van der Waals surface area contributed by atoms with Crippen LogP contribution in [0.15, 0.2) is 0 Å². The highest BCUT2D eigenvalue weighted by atomic mass is 32.1. The van der Waals surface area contributed by atoms with Gasteiger partial charge in [0.05, 0.1) is 5.69 Å². The molecule has 1 saturated carbocycles. The first-order valence-electron chi connectivity index (χ1n) is 7.46. The maximum absolute atomic E-state index is 12.7. The summed E-state index contributed by atoms with van der Waals surface area (Å²) in [4.78, 5) is 6.99. The predicted molar refractivity (Wildman–Crippen MR) is 80.0 cm³/mol. The zero-order valence-electron chi connectivity index (χ0n) is 12.5. The van der Waals surface area contributed by atoms with Gasteiger partial charge in [-0.15, -0.1) is 11.3 Å². The molecule has 1 fully saturated rings. The third-order valence-electron chi connectivity index (χ3n) is 3.35. The molecule has 0 amide bonds. The van der Waals surface area contributed by atoms with E-state index in [1.165, 1.54) is 16.2 Å². The van der Waals surface area contributed by atoms with Crippen LogP contribution in [0, 0.1) is 0 Å². The van der Waals surface area contributed by atoms with Gasteiger partial charge >= 0.3 is 6.18 Å². The summed E-state index contributed by atoms with van der Waals surface area (Å²) in [6, 6.07) is 0. The van der Waals surface area contributed by atoms with Crippen LogP contribution < -0.4 is 10.2 Å². The lowest BCUT2D eigenvalue weighted by Crippen LogP contribution is -2.34. The Labute approximate surface area is 127 Å². The van der Waals surface area contributed by atoms with Gasteiger partial charge < -0.3 is 10.2 Å². The summed E-state index contributed by atoms with van der Waals surface area (Å²) in [7, 11) is 0. The Kier molecular flexibility index (Phi) is 5.48. The molecule has 1 aliphatic rings. The van der Waals surface area contributed by atoms with Crippen LogP contribution in [0.5, 0.6) is 0 Å². The summed E-state index contributed by atoms with van der Waals surface area (Å²) in [6.07, 6.45) is -1.30. The van der Waals surface area contributed by atoms with Crippen molar-refractivity contribution in [2.45, 2.75) is 51.7 Å². The van der Waals surface area contributed by atoms with Crippen molar-refractivity contribution in [2.24, 2.45) is 0 Å². The van der Waals surface area contributed by atoms with Crippen molar-refractivity contribution in [3.05, 3.63) is 10.6 Å². The number of alkyl halides is 3. The molecule has 1 aliphatic carbocycles. The Bertz CT molecular complexity index is 455. The van der Waals surface area contributed by atoms with Crippen molar-refractivity contribution < 1.29 is 13.2 Å². The van der Waals surface area contributed by atoms with Crippen LogP contribution in [0.2, 0.25) is 0 Å². The largest absolute Gasteiger partial charge is 0.406 e. The molecule has 2 rings (SSSR count). The van der Waals surface area contributed by atoms with E-state index in [-0.39, 0.29) is 0 Å². The Morgan fingerprint density at radius 3 is 2.57 bits per heavy atom. The molecule has 0 radical (unpaired) electrons. The van der Waals surface area contributed by atoms with E-state index in [0.717, 1.165) is 30.0 Å². The highest BCUT2D eigenvalue weighted by molar-refractivity contribution is 7.15. The highest BCUT2D eigenvalue weighted by Gasteiger charge is 2.34. The normalized spacial score (nSPS) is 15.5. The van der Waals surface area contributed by atoms with E-state index in [4.69, 9.17) is 0 Å². The second kappa shape index (κ2) is 6.96. The predicted octanol–water partition coefficient (Wildman–Crippen LogP) is 3.91. The average Bonchev–Trinajstić information content (AvgIpc) is 3.15. The van der Waals surface area contributed by atoms with Crippen molar-refractivity contribution in [1.29, 1.82) is 0 Å². The van der Waals surface area contributed by atoms with Crippen LogP contribution in [-0.4, -0.2) is 30.8 Å². The summed E-state index contributed by atoms with van der Waals surface area (Å²) < 4.78 is 38.2. The molecular weight excluding hydrogens is 299 g/mol. The molecule has 0 atom stereocenters. The van der Waals surface area contributed by atoms with E-state index in [0.29, 0.717) is 30.6 Å². The van der Waals surface area contributed by atoms with Gasteiger partial charge in [0.15, 0.2) is 5.13 Å². The van der Waals surface area contributed by atoms with Crippen LogP contribution >= 0.6 is 11.3 Å². The Hall–Kier alpha value is -0.820. The van der Waals surface area contributed by atoms with Crippen molar-refractivity contribution in [1.82, 2.24) is 10.3 Å². The number of nitrogens with zero attached hydrogens (tertiary/aromatic N) is 2. The fourth-order valence-corrected chi connectivity index (χ4v) is 3.40. The first kappa shape index (κ1) is 16.5. The second-order valence-electron chi connectivity index (χ2n) is 5.40. The van der Waals surface area contributed by atoms with Crippen LogP contribution in [0.1, 0.15) is 49.6 Å². The van der Waals surface area contributed by atoms with E-state index in [1.54, 1.807) is 0 Å². The molecule has 1 N–H and O–H groups in total. The number of rotatable bonds is 8. The molecule has 1 aromatic heterocycles. The highest BCUT2D eigenvalue weighted by Crippen LogP contribution is 2.44. The number of hydrogen-bond donors (Lipinski definition) is 1. The Morgan fingerprint density at radius 2 is 2.05 bits per heavy atom. The maximum atomic E-state index is 12.7. The van der Waals surface area contributed by atoms with E-state index in [1.807, 2.05) is 13.8 Å². The molecule has 120 valence electrons. The number of halogens is 3. The lowest BCUT2D eigenvalue weighted by atomic mass is 10.2. The third kappa shape index (κ3) is 4.85. The Balaban J connectivity index is 2.19. The SMILES string of the molecule is CCCN(CC(F)(F)F)c1nc(C2CC2)c(CNCC)s1. The van der Waals surface area contributed by atoms with Gasteiger partial charge in [-0.2, -0.15) is 13.2 Å². The zero-order valence-corrected chi connectivity index (χ0v) is 13.3. The van der Waals surface area contributed by atoms with Gasteiger partial charge in [0.1, 0.15) is 6.54 Å². The fraction of sp³-hybridized carbons (Fsp3) is 0.786. The van der Waals surface area contributed by atoms with Crippen molar-refractivity contribution in [3.63, 3.8) is 0 Å². The van der Waals surface area contributed by atoms with Crippen LogP contribution in [0.25, 0.3) is 0 Å². The molecule has 1 heterocycles. The summed E-state index contributed by atoms with van der Waals surface area (Å²) in [5.41, 5.74) is 1.01.